The number of hydrogen-bond donors (Lipinski definition) is 1. The fourth-order valence-electron chi connectivity index (χ4n) is 2.37. The van der Waals surface area contributed by atoms with Crippen molar-refractivity contribution in [3.63, 3.8) is 0 Å². The Morgan fingerprint density at radius 2 is 2.12 bits per heavy atom. The number of carbonyl (C=O) groups excluding carboxylic acids is 2. The van der Waals surface area contributed by atoms with Crippen molar-refractivity contribution in [1.82, 2.24) is 5.32 Å². The first-order valence-electron chi connectivity index (χ1n) is 7.65. The molecule has 7 nitrogen and oxygen atoms in total. The van der Waals surface area contributed by atoms with Crippen molar-refractivity contribution in [1.29, 1.82) is 0 Å². The summed E-state index contributed by atoms with van der Waals surface area (Å²) in [7, 11) is -3.07. The first kappa shape index (κ1) is 18.3. The summed E-state index contributed by atoms with van der Waals surface area (Å²) in [5.74, 6) is -0.641. The summed E-state index contributed by atoms with van der Waals surface area (Å²) in [6.45, 7) is 2.98. The van der Waals surface area contributed by atoms with Gasteiger partial charge in [0.05, 0.1) is 11.5 Å². The van der Waals surface area contributed by atoms with Crippen LogP contribution in [0, 0.1) is 6.92 Å². The molecule has 0 aromatic heterocycles. The summed E-state index contributed by atoms with van der Waals surface area (Å²) in [5.41, 5.74) is 0.999. The Bertz CT molecular complexity index is 715. The predicted octanol–water partition coefficient (Wildman–Crippen LogP) is 0.609. The van der Waals surface area contributed by atoms with Gasteiger partial charge in [0.15, 0.2) is 22.5 Å². The number of hydrogen-bond acceptors (Lipinski definition) is 6. The third-order valence-electron chi connectivity index (χ3n) is 3.58. The minimum absolute atomic E-state index is 0.0686. The van der Waals surface area contributed by atoms with Crippen molar-refractivity contribution in [2.45, 2.75) is 32.4 Å². The predicted molar refractivity (Wildman–Crippen MR) is 87.4 cm³/mol. The molecule has 1 amide bonds. The van der Waals surface area contributed by atoms with Crippen molar-refractivity contribution in [2.24, 2.45) is 0 Å². The van der Waals surface area contributed by atoms with Crippen LogP contribution in [0.4, 0.5) is 0 Å². The molecule has 8 heteroatoms. The second-order valence-electron chi connectivity index (χ2n) is 5.85. The molecule has 1 N–H and O–H groups in total. The molecular weight excluding hydrogens is 334 g/mol. The fourth-order valence-corrected chi connectivity index (χ4v) is 4.05. The van der Waals surface area contributed by atoms with E-state index < -0.39 is 40.5 Å². The second-order valence-corrected chi connectivity index (χ2v) is 8.08. The van der Waals surface area contributed by atoms with Crippen LogP contribution in [-0.2, 0) is 24.2 Å². The number of ether oxygens (including phenoxy) is 2. The molecule has 2 rings (SSSR count). The quantitative estimate of drug-likeness (QED) is 0.751. The van der Waals surface area contributed by atoms with E-state index >= 15 is 0 Å². The van der Waals surface area contributed by atoms with Crippen molar-refractivity contribution >= 4 is 21.7 Å². The van der Waals surface area contributed by atoms with Gasteiger partial charge in [-0.1, -0.05) is 12.1 Å². The maximum atomic E-state index is 11.9. The Morgan fingerprint density at radius 1 is 1.38 bits per heavy atom. The van der Waals surface area contributed by atoms with Gasteiger partial charge in [-0.3, -0.25) is 4.79 Å². The average Bonchev–Trinajstić information content (AvgIpc) is 2.83. The molecule has 1 aromatic carbocycles. The van der Waals surface area contributed by atoms with Gasteiger partial charge >= 0.3 is 5.97 Å². The molecule has 24 heavy (non-hydrogen) atoms. The Hall–Kier alpha value is -2.09. The molecule has 0 bridgehead atoms. The number of aryl methyl sites for hydroxylation is 1. The van der Waals surface area contributed by atoms with Gasteiger partial charge in [0.25, 0.3) is 5.91 Å². The minimum atomic E-state index is -3.07. The lowest BCUT2D eigenvalue weighted by Gasteiger charge is -2.15. The topological polar surface area (TPSA) is 98.8 Å². The van der Waals surface area contributed by atoms with E-state index in [2.05, 4.69) is 5.32 Å². The van der Waals surface area contributed by atoms with Gasteiger partial charge in [0.1, 0.15) is 5.75 Å². The highest BCUT2D eigenvalue weighted by molar-refractivity contribution is 7.91. The summed E-state index contributed by atoms with van der Waals surface area (Å²) >= 11 is 0. The molecule has 0 aliphatic carbocycles. The third kappa shape index (κ3) is 5.52. The molecule has 0 unspecified atom stereocenters. The molecule has 1 aliphatic rings. The SMILES string of the molecule is Cc1cccc(O[C@@H](C)C(=O)OCC(=O)N[C@H]2CCS(=O)(=O)C2)c1. The molecule has 1 aromatic rings. The van der Waals surface area contributed by atoms with Gasteiger partial charge in [-0.05, 0) is 38.0 Å². The van der Waals surface area contributed by atoms with Gasteiger partial charge in [0.2, 0.25) is 0 Å². The highest BCUT2D eigenvalue weighted by Crippen LogP contribution is 2.14. The zero-order valence-electron chi connectivity index (χ0n) is 13.7. The van der Waals surface area contributed by atoms with Gasteiger partial charge < -0.3 is 14.8 Å². The van der Waals surface area contributed by atoms with Crippen molar-refractivity contribution in [3.05, 3.63) is 29.8 Å². The lowest BCUT2D eigenvalue weighted by atomic mass is 10.2. The van der Waals surface area contributed by atoms with E-state index in [1.165, 1.54) is 6.92 Å². The monoisotopic (exact) mass is 355 g/mol. The number of rotatable bonds is 6. The third-order valence-corrected chi connectivity index (χ3v) is 5.35. The van der Waals surface area contributed by atoms with Crippen molar-refractivity contribution < 1.29 is 27.5 Å². The van der Waals surface area contributed by atoms with Crippen LogP contribution in [-0.4, -0.2) is 50.6 Å². The van der Waals surface area contributed by atoms with Crippen LogP contribution in [0.2, 0.25) is 0 Å². The van der Waals surface area contributed by atoms with E-state index in [1.807, 2.05) is 19.1 Å². The van der Waals surface area contributed by atoms with Gasteiger partial charge in [0, 0.05) is 6.04 Å². The van der Waals surface area contributed by atoms with Gasteiger partial charge in [-0.2, -0.15) is 0 Å². The lowest BCUT2D eigenvalue weighted by molar-refractivity contribution is -0.154. The minimum Gasteiger partial charge on any atom is -0.479 e. The first-order chi connectivity index (χ1) is 11.2. The largest absolute Gasteiger partial charge is 0.479 e. The highest BCUT2D eigenvalue weighted by Gasteiger charge is 2.29. The Kier molecular flexibility index (Phi) is 5.82. The maximum Gasteiger partial charge on any atom is 0.347 e. The summed E-state index contributed by atoms with van der Waals surface area (Å²) in [4.78, 5) is 23.6. The van der Waals surface area contributed by atoms with Crippen LogP contribution in [0.15, 0.2) is 24.3 Å². The zero-order valence-corrected chi connectivity index (χ0v) is 14.5. The van der Waals surface area contributed by atoms with E-state index in [1.54, 1.807) is 12.1 Å². The van der Waals surface area contributed by atoms with Gasteiger partial charge in [-0.25, -0.2) is 13.2 Å². The summed E-state index contributed by atoms with van der Waals surface area (Å²) < 4.78 is 33.0. The number of esters is 1. The summed E-state index contributed by atoms with van der Waals surface area (Å²) in [6, 6.07) is 6.82. The number of nitrogens with one attached hydrogen (secondary N) is 1. The second kappa shape index (κ2) is 7.65. The molecule has 132 valence electrons. The Balaban J connectivity index is 1.74. The van der Waals surface area contributed by atoms with E-state index in [4.69, 9.17) is 9.47 Å². The fraction of sp³-hybridized carbons (Fsp3) is 0.500. The normalized spacial score (nSPS) is 20.2. The van der Waals surface area contributed by atoms with Crippen molar-refractivity contribution in [3.8, 4) is 5.75 Å². The van der Waals surface area contributed by atoms with Crippen LogP contribution in [0.3, 0.4) is 0 Å². The van der Waals surface area contributed by atoms with E-state index in [0.717, 1.165) is 5.56 Å². The molecule has 0 spiro atoms. The van der Waals surface area contributed by atoms with Crippen LogP contribution in [0.5, 0.6) is 5.75 Å². The highest BCUT2D eigenvalue weighted by atomic mass is 32.2. The molecule has 1 heterocycles. The molecule has 0 saturated carbocycles. The molecule has 2 atom stereocenters. The maximum absolute atomic E-state index is 11.9. The van der Waals surface area contributed by atoms with Gasteiger partial charge in [-0.15, -0.1) is 0 Å². The molecular formula is C16H21NO6S. The molecule has 1 saturated heterocycles. The number of amides is 1. The van der Waals surface area contributed by atoms with Crippen LogP contribution >= 0.6 is 0 Å². The van der Waals surface area contributed by atoms with Crippen LogP contribution in [0.1, 0.15) is 18.9 Å². The molecule has 0 radical (unpaired) electrons. The number of carbonyl (C=O) groups is 2. The van der Waals surface area contributed by atoms with Crippen LogP contribution < -0.4 is 10.1 Å². The van der Waals surface area contributed by atoms with Crippen molar-refractivity contribution in [2.75, 3.05) is 18.1 Å². The Morgan fingerprint density at radius 3 is 2.75 bits per heavy atom. The first-order valence-corrected chi connectivity index (χ1v) is 9.47. The van der Waals surface area contributed by atoms with E-state index in [9.17, 15) is 18.0 Å². The zero-order chi connectivity index (χ0) is 17.7. The summed E-state index contributed by atoms with van der Waals surface area (Å²) in [6.07, 6.45) is -0.471. The van der Waals surface area contributed by atoms with E-state index in [-0.39, 0.29) is 11.5 Å². The van der Waals surface area contributed by atoms with Crippen LogP contribution in [0.25, 0.3) is 0 Å². The Labute approximate surface area is 141 Å². The lowest BCUT2D eigenvalue weighted by Crippen LogP contribution is -2.39. The smallest absolute Gasteiger partial charge is 0.347 e. The molecule has 1 fully saturated rings. The van der Waals surface area contributed by atoms with E-state index in [0.29, 0.717) is 12.2 Å². The average molecular weight is 355 g/mol. The number of benzene rings is 1. The summed E-state index contributed by atoms with van der Waals surface area (Å²) in [5, 5.41) is 2.55. The standard InChI is InChI=1S/C16H21NO6S/c1-11-4-3-5-14(8-11)23-12(2)16(19)22-9-15(18)17-13-6-7-24(20,21)10-13/h3-5,8,12-13H,6-7,9-10H2,1-2H3,(H,17,18)/t12-,13-/m0/s1. The molecule has 1 aliphatic heterocycles. The number of sulfone groups is 1.